The molecule has 1 N–H and O–H groups in total. The summed E-state index contributed by atoms with van der Waals surface area (Å²) in [5.74, 6) is -1.90. The number of hydrogen-bond acceptors (Lipinski definition) is 2. The summed E-state index contributed by atoms with van der Waals surface area (Å²) in [5, 5.41) is 5.46. The standard InChI is InChI=1S/C11H6ClF3O3/c12-10(11(13,14)15)7(9(16)17)5-6-3-1-2-4-8(6)18-10/h1-5H,(H,16,17). The molecule has 3 nitrogen and oxygen atoms in total. The Hall–Kier alpha value is -1.69. The average Bonchev–Trinajstić information content (AvgIpc) is 2.26. The highest BCUT2D eigenvalue weighted by Gasteiger charge is 2.62. The van der Waals surface area contributed by atoms with Crippen molar-refractivity contribution in [1.29, 1.82) is 0 Å². The van der Waals surface area contributed by atoms with Crippen molar-refractivity contribution >= 4 is 23.6 Å². The molecule has 0 spiro atoms. The van der Waals surface area contributed by atoms with Crippen LogP contribution >= 0.6 is 11.6 Å². The van der Waals surface area contributed by atoms with Crippen molar-refractivity contribution in [2.24, 2.45) is 0 Å². The molecule has 0 saturated carbocycles. The monoisotopic (exact) mass is 278 g/mol. The second-order valence-electron chi connectivity index (χ2n) is 3.60. The Morgan fingerprint density at radius 2 is 1.94 bits per heavy atom. The number of para-hydroxylation sites is 1. The summed E-state index contributed by atoms with van der Waals surface area (Å²) in [6.45, 7) is 0. The first-order valence-electron chi connectivity index (χ1n) is 4.75. The van der Waals surface area contributed by atoms with Crippen LogP contribution in [0.25, 0.3) is 6.08 Å². The van der Waals surface area contributed by atoms with Crippen molar-refractivity contribution in [3.05, 3.63) is 35.4 Å². The average molecular weight is 279 g/mol. The number of carboxylic acids is 1. The van der Waals surface area contributed by atoms with Gasteiger partial charge in [-0.15, -0.1) is 0 Å². The Morgan fingerprint density at radius 1 is 1.33 bits per heavy atom. The lowest BCUT2D eigenvalue weighted by molar-refractivity contribution is -0.204. The number of halogens is 4. The summed E-state index contributed by atoms with van der Waals surface area (Å²) in [4.78, 5) is 10.9. The molecule has 1 heterocycles. The number of aliphatic carboxylic acids is 1. The van der Waals surface area contributed by atoms with E-state index in [-0.39, 0.29) is 11.3 Å². The highest BCUT2D eigenvalue weighted by molar-refractivity contribution is 6.29. The molecule has 0 saturated heterocycles. The lowest BCUT2D eigenvalue weighted by atomic mass is 10.0. The molecule has 96 valence electrons. The second kappa shape index (κ2) is 3.91. The Kier molecular flexibility index (Phi) is 2.77. The fourth-order valence-electron chi connectivity index (χ4n) is 1.56. The van der Waals surface area contributed by atoms with Crippen molar-refractivity contribution in [3.63, 3.8) is 0 Å². The first kappa shape index (κ1) is 12.8. The van der Waals surface area contributed by atoms with Gasteiger partial charge in [-0.05, 0) is 12.1 Å². The molecule has 0 bridgehead atoms. The van der Waals surface area contributed by atoms with Crippen LogP contribution in [0.1, 0.15) is 5.56 Å². The minimum Gasteiger partial charge on any atom is -0.478 e. The van der Waals surface area contributed by atoms with Gasteiger partial charge < -0.3 is 9.84 Å². The third-order valence-corrected chi connectivity index (χ3v) is 2.91. The number of alkyl halides is 4. The Morgan fingerprint density at radius 3 is 2.50 bits per heavy atom. The van der Waals surface area contributed by atoms with Gasteiger partial charge in [-0.2, -0.15) is 13.2 Å². The van der Waals surface area contributed by atoms with E-state index in [0.29, 0.717) is 0 Å². The van der Waals surface area contributed by atoms with E-state index in [2.05, 4.69) is 4.74 Å². The van der Waals surface area contributed by atoms with E-state index in [1.165, 1.54) is 18.2 Å². The van der Waals surface area contributed by atoms with Gasteiger partial charge >= 0.3 is 17.2 Å². The highest BCUT2D eigenvalue weighted by atomic mass is 35.5. The minimum absolute atomic E-state index is 0.116. The van der Waals surface area contributed by atoms with E-state index < -0.39 is 22.8 Å². The van der Waals surface area contributed by atoms with Gasteiger partial charge in [-0.25, -0.2) is 4.79 Å². The van der Waals surface area contributed by atoms with Crippen LogP contribution < -0.4 is 4.74 Å². The quantitative estimate of drug-likeness (QED) is 0.803. The number of carboxylic acid groups (broad SMARTS) is 1. The lowest BCUT2D eigenvalue weighted by Crippen LogP contribution is -2.50. The molecule has 0 amide bonds. The van der Waals surface area contributed by atoms with Gasteiger partial charge in [0.15, 0.2) is 0 Å². The first-order chi connectivity index (χ1) is 8.25. The molecule has 1 atom stereocenters. The van der Waals surface area contributed by atoms with Gasteiger partial charge in [-0.3, -0.25) is 0 Å². The van der Waals surface area contributed by atoms with E-state index in [4.69, 9.17) is 16.7 Å². The fourth-order valence-corrected chi connectivity index (χ4v) is 1.78. The van der Waals surface area contributed by atoms with E-state index in [0.717, 1.165) is 6.08 Å². The van der Waals surface area contributed by atoms with Crippen molar-refractivity contribution in [2.45, 2.75) is 11.2 Å². The predicted octanol–water partition coefficient (Wildman–Crippen LogP) is 3.04. The zero-order chi connectivity index (χ0) is 13.6. The maximum atomic E-state index is 12.9. The third-order valence-electron chi connectivity index (χ3n) is 2.41. The van der Waals surface area contributed by atoms with Crippen LogP contribution in [-0.2, 0) is 4.79 Å². The van der Waals surface area contributed by atoms with Gasteiger partial charge in [-0.1, -0.05) is 29.8 Å². The predicted molar refractivity (Wildman–Crippen MR) is 57.3 cm³/mol. The second-order valence-corrected chi connectivity index (χ2v) is 4.13. The summed E-state index contributed by atoms with van der Waals surface area (Å²) in [5.41, 5.74) is -0.828. The number of ether oxygens (including phenoxy) is 1. The largest absolute Gasteiger partial charge is 0.478 e. The van der Waals surface area contributed by atoms with E-state index in [1.54, 1.807) is 6.07 Å². The van der Waals surface area contributed by atoms with Crippen LogP contribution in [0.5, 0.6) is 5.75 Å². The van der Waals surface area contributed by atoms with E-state index in [1.807, 2.05) is 0 Å². The zero-order valence-electron chi connectivity index (χ0n) is 8.66. The number of carbonyl (C=O) groups is 1. The molecule has 2 rings (SSSR count). The van der Waals surface area contributed by atoms with Crippen LogP contribution in [0.2, 0.25) is 0 Å². The summed E-state index contributed by atoms with van der Waals surface area (Å²) in [6, 6.07) is 5.73. The van der Waals surface area contributed by atoms with Crippen LogP contribution in [0.4, 0.5) is 13.2 Å². The van der Waals surface area contributed by atoms with Crippen LogP contribution in [0.3, 0.4) is 0 Å². The third kappa shape index (κ3) is 1.82. The molecule has 1 aromatic rings. The number of fused-ring (bicyclic) bond motifs is 1. The molecule has 1 aliphatic heterocycles. The highest BCUT2D eigenvalue weighted by Crippen LogP contribution is 2.47. The van der Waals surface area contributed by atoms with Crippen molar-refractivity contribution in [1.82, 2.24) is 0 Å². The number of benzene rings is 1. The zero-order valence-corrected chi connectivity index (χ0v) is 9.42. The van der Waals surface area contributed by atoms with Crippen LogP contribution in [0, 0.1) is 0 Å². The van der Waals surface area contributed by atoms with Crippen LogP contribution in [0.15, 0.2) is 29.8 Å². The molecule has 18 heavy (non-hydrogen) atoms. The molecule has 1 aromatic carbocycles. The Balaban J connectivity index is 2.63. The topological polar surface area (TPSA) is 46.5 Å². The Labute approximate surface area is 104 Å². The smallest absolute Gasteiger partial charge is 0.448 e. The van der Waals surface area contributed by atoms with Crippen LogP contribution in [-0.4, -0.2) is 22.3 Å². The fraction of sp³-hybridized carbons (Fsp3) is 0.182. The summed E-state index contributed by atoms with van der Waals surface area (Å²) in [6.07, 6.45) is -4.19. The minimum atomic E-state index is -5.05. The first-order valence-corrected chi connectivity index (χ1v) is 5.12. The molecule has 1 unspecified atom stereocenters. The summed E-state index contributed by atoms with van der Waals surface area (Å²) < 4.78 is 43.3. The van der Waals surface area contributed by atoms with Gasteiger partial charge in [0.25, 0.3) is 0 Å². The lowest BCUT2D eigenvalue weighted by Gasteiger charge is -2.34. The van der Waals surface area contributed by atoms with Gasteiger partial charge in [0.1, 0.15) is 11.3 Å². The van der Waals surface area contributed by atoms with Gasteiger partial charge in [0, 0.05) is 5.56 Å². The molecule has 0 radical (unpaired) electrons. The number of rotatable bonds is 1. The van der Waals surface area contributed by atoms with Gasteiger partial charge in [0.2, 0.25) is 0 Å². The van der Waals surface area contributed by atoms with E-state index >= 15 is 0 Å². The van der Waals surface area contributed by atoms with Crippen molar-refractivity contribution in [2.75, 3.05) is 0 Å². The van der Waals surface area contributed by atoms with Crippen molar-refractivity contribution in [3.8, 4) is 5.75 Å². The summed E-state index contributed by atoms with van der Waals surface area (Å²) in [7, 11) is 0. The molecule has 0 aliphatic carbocycles. The van der Waals surface area contributed by atoms with E-state index in [9.17, 15) is 18.0 Å². The molecule has 7 heteroatoms. The summed E-state index contributed by atoms with van der Waals surface area (Å²) >= 11 is 5.34. The Bertz CT molecular complexity index is 539. The molecular formula is C11H6ClF3O3. The SMILES string of the molecule is O=C(O)C1=Cc2ccccc2OC1(Cl)C(F)(F)F. The van der Waals surface area contributed by atoms with Gasteiger partial charge in [0.05, 0.1) is 0 Å². The molecular weight excluding hydrogens is 273 g/mol. The molecule has 0 fully saturated rings. The maximum Gasteiger partial charge on any atom is 0.448 e. The maximum absolute atomic E-state index is 12.9. The molecule has 1 aliphatic rings. The normalized spacial score (nSPS) is 22.8. The van der Waals surface area contributed by atoms with Crippen molar-refractivity contribution < 1.29 is 27.8 Å². The number of hydrogen-bond donors (Lipinski definition) is 1. The molecule has 0 aromatic heterocycles.